The first-order chi connectivity index (χ1) is 32.3. The van der Waals surface area contributed by atoms with Gasteiger partial charge in [-0.2, -0.15) is 0 Å². The summed E-state index contributed by atoms with van der Waals surface area (Å²) in [6.45, 7) is 8.92. The molecular weight excluding hydrogens is 925 g/mol. The summed E-state index contributed by atoms with van der Waals surface area (Å²) in [6, 6.07) is 13.0. The molecule has 4 aliphatic heterocycles. The normalized spacial score (nSPS) is 21.8. The molecule has 5 atom stereocenters. The van der Waals surface area contributed by atoms with Gasteiger partial charge in [-0.15, -0.1) is 11.3 Å². The van der Waals surface area contributed by atoms with Crippen molar-refractivity contribution in [2.24, 2.45) is 17.8 Å². The third-order valence-corrected chi connectivity index (χ3v) is 15.3. The highest BCUT2D eigenvalue weighted by Crippen LogP contribution is 2.54. The van der Waals surface area contributed by atoms with Crippen LogP contribution >= 0.6 is 34.5 Å². The third kappa shape index (κ3) is 8.90. The number of fused-ring (bicyclic) bond motifs is 8. The fraction of sp³-hybridized carbons (Fsp3) is 0.375. The second-order valence-corrected chi connectivity index (χ2v) is 19.3. The molecule has 7 heterocycles. The van der Waals surface area contributed by atoms with Gasteiger partial charge in [-0.25, -0.2) is 29.1 Å². The molecule has 67 heavy (non-hydrogen) atoms. The molecule has 0 spiro atoms. The quantitative estimate of drug-likeness (QED) is 0.144. The number of halogens is 3. The maximum atomic E-state index is 14.4. The van der Waals surface area contributed by atoms with E-state index in [1.54, 1.807) is 42.6 Å². The number of ether oxygens (including phenoxy) is 4. The van der Waals surface area contributed by atoms with E-state index >= 15 is 0 Å². The number of piperazine rings is 1. The smallest absolute Gasteiger partial charge is 0.345 e. The largest absolute Gasteiger partial charge is 0.490 e. The fourth-order valence-corrected chi connectivity index (χ4v) is 11.2. The minimum absolute atomic E-state index is 0.0116. The van der Waals surface area contributed by atoms with E-state index in [1.807, 2.05) is 18.7 Å². The van der Waals surface area contributed by atoms with Crippen LogP contribution in [0.4, 0.5) is 10.3 Å². The molecule has 4 bridgehead atoms. The minimum Gasteiger partial charge on any atom is -0.490 e. The molecule has 15 nitrogen and oxygen atoms in total. The van der Waals surface area contributed by atoms with Crippen LogP contribution in [0.5, 0.6) is 23.1 Å². The van der Waals surface area contributed by atoms with Gasteiger partial charge in [0.05, 0.1) is 27.0 Å². The van der Waals surface area contributed by atoms with Gasteiger partial charge in [0.1, 0.15) is 47.8 Å². The number of aliphatic carboxylic acids is 2. The zero-order valence-electron chi connectivity index (χ0n) is 36.7. The molecule has 5 aliphatic rings. The Kier molecular flexibility index (Phi) is 12.3. The second-order valence-electron chi connectivity index (χ2n) is 17.6. The van der Waals surface area contributed by atoms with Crippen LogP contribution in [0.3, 0.4) is 0 Å². The average Bonchev–Trinajstić information content (AvgIpc) is 3.60. The lowest BCUT2D eigenvalue weighted by Gasteiger charge is -2.35. The molecule has 3 aromatic heterocycles. The third-order valence-electron chi connectivity index (χ3n) is 13.2. The molecule has 11 rings (SSSR count). The summed E-state index contributed by atoms with van der Waals surface area (Å²) in [4.78, 5) is 51.0. The predicted molar refractivity (Wildman–Crippen MR) is 250 cm³/mol. The van der Waals surface area contributed by atoms with Gasteiger partial charge in [0.2, 0.25) is 17.9 Å². The maximum absolute atomic E-state index is 14.4. The fourth-order valence-electron chi connectivity index (χ4n) is 9.54. The molecule has 348 valence electrons. The number of aromatic nitrogens is 4. The van der Waals surface area contributed by atoms with Gasteiger partial charge < -0.3 is 39.0 Å². The van der Waals surface area contributed by atoms with Crippen LogP contribution in [0, 0.1) is 37.4 Å². The van der Waals surface area contributed by atoms with E-state index in [2.05, 4.69) is 31.8 Å². The van der Waals surface area contributed by atoms with E-state index in [0.29, 0.717) is 97.0 Å². The SMILES string of the molecule is Cc1c(Cl)c2c(Cl)c(C)c1-c1c(-c3ccc(F)cc3)sc3ncnc(c13)O[C@@H](C(=O)O)Cc1cc(ccc1OCc1ccnc(N3C[C@@H]4[C@H](C3)[C@H]4C(=O)O)n1)OC[C@@H](CN1CCN(C)CC1)O2. The van der Waals surface area contributed by atoms with Crippen molar-refractivity contribution in [1.29, 1.82) is 0 Å². The molecule has 6 aromatic rings. The molecule has 0 amide bonds. The molecule has 19 heteroatoms. The average molecular weight is 971 g/mol. The van der Waals surface area contributed by atoms with Crippen molar-refractivity contribution >= 4 is 62.6 Å². The van der Waals surface area contributed by atoms with E-state index in [0.717, 1.165) is 26.2 Å². The van der Waals surface area contributed by atoms with Gasteiger partial charge in [0, 0.05) is 74.4 Å². The van der Waals surface area contributed by atoms with Crippen LogP contribution in [0.25, 0.3) is 31.8 Å². The first-order valence-corrected chi connectivity index (χ1v) is 23.6. The predicted octanol–water partition coefficient (Wildman–Crippen LogP) is 7.69. The van der Waals surface area contributed by atoms with Crippen LogP contribution in [0.1, 0.15) is 22.4 Å². The number of likely N-dealkylation sites (N-methyl/N-ethyl adjacent to an activating group) is 1. The van der Waals surface area contributed by atoms with Gasteiger partial charge in [0.25, 0.3) is 0 Å². The topological polar surface area (TPSA) is 173 Å². The molecule has 0 radical (unpaired) electrons. The van der Waals surface area contributed by atoms with E-state index < -0.39 is 30.0 Å². The van der Waals surface area contributed by atoms with E-state index in [1.165, 1.54) is 29.8 Å². The summed E-state index contributed by atoms with van der Waals surface area (Å²) in [5, 5.41) is 21.4. The number of piperidine rings is 1. The van der Waals surface area contributed by atoms with Gasteiger partial charge in [-0.05, 0) is 91.4 Å². The van der Waals surface area contributed by atoms with Crippen LogP contribution < -0.4 is 23.8 Å². The minimum atomic E-state index is -1.49. The van der Waals surface area contributed by atoms with Crippen molar-refractivity contribution in [1.82, 2.24) is 29.7 Å². The molecule has 2 N–H and O–H groups in total. The second kappa shape index (κ2) is 18.3. The Balaban J connectivity index is 1.05. The molecule has 1 saturated carbocycles. The van der Waals surface area contributed by atoms with Crippen LogP contribution in [-0.2, 0) is 22.6 Å². The number of hydrogen-bond acceptors (Lipinski definition) is 14. The highest BCUT2D eigenvalue weighted by molar-refractivity contribution is 7.22. The summed E-state index contributed by atoms with van der Waals surface area (Å²) >= 11 is 16.0. The summed E-state index contributed by atoms with van der Waals surface area (Å²) < 4.78 is 40.6. The number of hydrogen-bond donors (Lipinski definition) is 2. The van der Waals surface area contributed by atoms with Crippen molar-refractivity contribution in [2.75, 3.05) is 64.4 Å². The number of anilines is 1. The highest BCUT2D eigenvalue weighted by atomic mass is 35.5. The van der Waals surface area contributed by atoms with E-state index in [9.17, 15) is 24.2 Å². The van der Waals surface area contributed by atoms with Gasteiger partial charge >= 0.3 is 11.9 Å². The number of benzene rings is 3. The Morgan fingerprint density at radius 3 is 2.34 bits per heavy atom. The highest BCUT2D eigenvalue weighted by Gasteiger charge is 2.60. The van der Waals surface area contributed by atoms with Gasteiger partial charge in [-0.3, -0.25) is 9.69 Å². The number of carboxylic acids is 2. The molecule has 2 saturated heterocycles. The molecule has 1 aliphatic carbocycles. The number of thiophene rings is 1. The summed E-state index contributed by atoms with van der Waals surface area (Å²) in [5.41, 5.74) is 4.27. The lowest BCUT2D eigenvalue weighted by molar-refractivity contribution is -0.145. The van der Waals surface area contributed by atoms with Crippen LogP contribution in [-0.4, -0.2) is 124 Å². The van der Waals surface area contributed by atoms with Crippen LogP contribution in [0.2, 0.25) is 10.0 Å². The molecule has 3 aromatic carbocycles. The van der Waals surface area contributed by atoms with Crippen molar-refractivity contribution < 1.29 is 43.1 Å². The van der Waals surface area contributed by atoms with Crippen molar-refractivity contribution in [3.05, 3.63) is 99.3 Å². The lowest BCUT2D eigenvalue weighted by atomic mass is 9.92. The Labute approximate surface area is 399 Å². The first kappa shape index (κ1) is 45.0. The summed E-state index contributed by atoms with van der Waals surface area (Å²) in [6.07, 6.45) is 0.760. The van der Waals surface area contributed by atoms with Gasteiger partial charge in [0.15, 0.2) is 5.75 Å². The first-order valence-electron chi connectivity index (χ1n) is 22.0. The Hall–Kier alpha value is -5.85. The Bertz CT molecular complexity index is 2860. The maximum Gasteiger partial charge on any atom is 0.345 e. The van der Waals surface area contributed by atoms with Crippen LogP contribution in [0.15, 0.2) is 61.1 Å². The Morgan fingerprint density at radius 1 is 0.910 bits per heavy atom. The molecule has 0 unspecified atom stereocenters. The van der Waals surface area contributed by atoms with Gasteiger partial charge in [-0.1, -0.05) is 35.3 Å². The van der Waals surface area contributed by atoms with Crippen molar-refractivity contribution in [3.63, 3.8) is 0 Å². The number of carboxylic acid groups (broad SMARTS) is 2. The van der Waals surface area contributed by atoms with Crippen molar-refractivity contribution in [3.8, 4) is 44.7 Å². The zero-order chi connectivity index (χ0) is 46.7. The number of nitrogens with zero attached hydrogens (tertiary/aromatic N) is 7. The number of rotatable bonds is 9. The summed E-state index contributed by atoms with van der Waals surface area (Å²) in [7, 11) is 2.09. The molecular formula is C48H46Cl2FN7O8S. The monoisotopic (exact) mass is 969 g/mol. The molecule has 3 fully saturated rings. The zero-order valence-corrected chi connectivity index (χ0v) is 39.1. The summed E-state index contributed by atoms with van der Waals surface area (Å²) in [5.74, 6) is -0.948. The number of carbonyl (C=O) groups is 2. The Morgan fingerprint density at radius 2 is 1.64 bits per heavy atom. The van der Waals surface area contributed by atoms with Crippen molar-refractivity contribution in [2.45, 2.75) is 39.1 Å². The standard InChI is InChI=1S/C48H46Cl2FN7O8S/c1-24-36-25(2)41(50)42(40(24)49)65-31(18-57-14-12-56(3)13-15-57)22-63-30-8-9-34(64-21-29-10-11-52-48(55-29)58-19-32-33(20-58)37(32)47(61)62)27(16-30)17-35(46(59)60)66-44-39-38(36)43(67-45(39)54-23-53-44)26-4-6-28(51)7-5-26/h4-11,16,23,31-33,35,37H,12-15,17-22H2,1-3H3,(H,59,60)(H,61,62)/t31-,32-,33+,35-,37+/m1/s1. The lowest BCUT2D eigenvalue weighted by Crippen LogP contribution is -2.49. The van der Waals surface area contributed by atoms with E-state index in [4.69, 9.17) is 47.1 Å². The van der Waals surface area contributed by atoms with E-state index in [-0.39, 0.29) is 53.3 Å².